The molecule has 1 aromatic carbocycles. The molecular weight excluding hydrogens is 472 g/mol. The quantitative estimate of drug-likeness (QED) is 0.165. The van der Waals surface area contributed by atoms with Crippen LogP contribution in [0.5, 0.6) is 5.75 Å². The summed E-state index contributed by atoms with van der Waals surface area (Å²) in [5.74, 6) is 2.11. The number of unbranched alkanes of at least 4 members (excludes halogenated alkanes) is 2. The van der Waals surface area contributed by atoms with Crippen molar-refractivity contribution in [1.82, 2.24) is 0 Å². The molecule has 0 aliphatic carbocycles. The molecule has 1 aromatic rings. The molecule has 0 aliphatic rings. The molecule has 1 rings (SSSR count). The van der Waals surface area contributed by atoms with Gasteiger partial charge in [-0.2, -0.15) is 0 Å². The van der Waals surface area contributed by atoms with Gasteiger partial charge >= 0.3 is 12.1 Å². The van der Waals surface area contributed by atoms with Crippen LogP contribution in [0, 0.1) is 5.92 Å². The number of ether oxygens (including phenoxy) is 3. The molecule has 0 saturated heterocycles. The maximum absolute atomic E-state index is 12.6. The molecule has 0 aliphatic heterocycles. The first-order valence-electron chi connectivity index (χ1n) is 13.2. The molecule has 0 unspecified atom stereocenters. The van der Waals surface area contributed by atoms with Crippen LogP contribution in [0.1, 0.15) is 119 Å². The normalized spacial score (nSPS) is 12.6. The van der Waals surface area contributed by atoms with Crippen LogP contribution < -0.4 is 4.74 Å². The van der Waals surface area contributed by atoms with E-state index in [0.29, 0.717) is 23.9 Å². The number of thioether (sulfide) groups is 1. The Bertz CT molecular complexity index is 819. The van der Waals surface area contributed by atoms with E-state index in [0.717, 1.165) is 35.4 Å². The average molecular weight is 523 g/mol. The first-order chi connectivity index (χ1) is 16.4. The second-order valence-electron chi connectivity index (χ2n) is 13.0. The highest BCUT2D eigenvalue weighted by Crippen LogP contribution is 2.41. The largest absolute Gasteiger partial charge is 0.514 e. The zero-order chi connectivity index (χ0) is 27.7. The highest BCUT2D eigenvalue weighted by molar-refractivity contribution is 7.99. The highest BCUT2D eigenvalue weighted by Gasteiger charge is 2.30. The van der Waals surface area contributed by atoms with E-state index in [2.05, 4.69) is 67.5 Å². The first kappa shape index (κ1) is 32.3. The molecule has 6 heteroatoms. The number of hydrogen-bond acceptors (Lipinski definition) is 6. The topological polar surface area (TPSA) is 61.8 Å². The van der Waals surface area contributed by atoms with Crippen molar-refractivity contribution in [2.45, 2.75) is 124 Å². The molecule has 0 heterocycles. The van der Waals surface area contributed by atoms with Crippen LogP contribution in [0.15, 0.2) is 12.1 Å². The molecule has 5 nitrogen and oxygen atoms in total. The van der Waals surface area contributed by atoms with Gasteiger partial charge in [0, 0.05) is 16.9 Å². The predicted octanol–water partition coefficient (Wildman–Crippen LogP) is 8.59. The van der Waals surface area contributed by atoms with Crippen LogP contribution in [0.25, 0.3) is 0 Å². The van der Waals surface area contributed by atoms with Crippen LogP contribution in [0.4, 0.5) is 4.79 Å². The lowest BCUT2D eigenvalue weighted by molar-refractivity contribution is -0.140. The number of rotatable bonds is 11. The monoisotopic (exact) mass is 522 g/mol. The lowest BCUT2D eigenvalue weighted by atomic mass is 9.78. The third-order valence-corrected chi connectivity index (χ3v) is 6.49. The second kappa shape index (κ2) is 13.7. The van der Waals surface area contributed by atoms with Crippen LogP contribution >= 0.6 is 11.8 Å². The third-order valence-electron chi connectivity index (χ3n) is 5.52. The second-order valence-corrected chi connectivity index (χ2v) is 14.0. The van der Waals surface area contributed by atoms with Crippen molar-refractivity contribution in [1.29, 1.82) is 0 Å². The van der Waals surface area contributed by atoms with E-state index in [-0.39, 0.29) is 16.8 Å². The summed E-state index contributed by atoms with van der Waals surface area (Å²) in [5, 5.41) is 0. The van der Waals surface area contributed by atoms with Crippen molar-refractivity contribution in [3.63, 3.8) is 0 Å². The summed E-state index contributed by atoms with van der Waals surface area (Å²) in [5.41, 5.74) is 1.83. The zero-order valence-electron chi connectivity index (χ0n) is 24.6. The van der Waals surface area contributed by atoms with Crippen LogP contribution in [0.3, 0.4) is 0 Å². The van der Waals surface area contributed by atoms with Gasteiger partial charge in [0.25, 0.3) is 0 Å². The summed E-state index contributed by atoms with van der Waals surface area (Å²) in [6.07, 6.45) is 3.73. The van der Waals surface area contributed by atoms with E-state index in [4.69, 9.17) is 14.2 Å². The summed E-state index contributed by atoms with van der Waals surface area (Å²) in [6.45, 7) is 23.0. The molecule has 206 valence electrons. The number of carbonyl (C=O) groups excluding carboxylic acids is 2. The number of esters is 1. The van der Waals surface area contributed by atoms with E-state index in [1.54, 1.807) is 11.8 Å². The Morgan fingerprint density at radius 1 is 0.861 bits per heavy atom. The van der Waals surface area contributed by atoms with E-state index in [1.807, 2.05) is 20.8 Å². The van der Waals surface area contributed by atoms with Gasteiger partial charge in [-0.1, -0.05) is 86.8 Å². The Morgan fingerprint density at radius 2 is 1.42 bits per heavy atom. The highest BCUT2D eigenvalue weighted by atomic mass is 32.2. The van der Waals surface area contributed by atoms with Gasteiger partial charge in [-0.25, -0.2) is 4.79 Å². The van der Waals surface area contributed by atoms with E-state index >= 15 is 0 Å². The van der Waals surface area contributed by atoms with Gasteiger partial charge < -0.3 is 14.2 Å². The van der Waals surface area contributed by atoms with Gasteiger partial charge in [0.05, 0.1) is 12.4 Å². The van der Waals surface area contributed by atoms with E-state index < -0.39 is 11.8 Å². The summed E-state index contributed by atoms with van der Waals surface area (Å²) in [4.78, 5) is 24.8. The fourth-order valence-corrected chi connectivity index (χ4v) is 4.42. The SMILES string of the molecule is CC(C)CCCCCOC(=O)CSCc1cc(C(C)(C)C)c(OC(=O)OC(C)(C)C)c(C(C)(C)C)c1. The fraction of sp³-hybridized carbons (Fsp3) is 0.733. The lowest BCUT2D eigenvalue weighted by Gasteiger charge is -2.30. The maximum Gasteiger partial charge on any atom is 0.514 e. The molecule has 0 radical (unpaired) electrons. The molecule has 0 fully saturated rings. The lowest BCUT2D eigenvalue weighted by Crippen LogP contribution is -2.28. The van der Waals surface area contributed by atoms with Gasteiger partial charge in [0.15, 0.2) is 0 Å². The minimum absolute atomic E-state index is 0.166. The third kappa shape index (κ3) is 12.5. The Hall–Kier alpha value is -1.69. The summed E-state index contributed by atoms with van der Waals surface area (Å²) < 4.78 is 16.7. The van der Waals surface area contributed by atoms with E-state index in [9.17, 15) is 9.59 Å². The predicted molar refractivity (Wildman–Crippen MR) is 151 cm³/mol. The summed E-state index contributed by atoms with van der Waals surface area (Å²) in [7, 11) is 0. The molecular formula is C30H50O5S. The minimum atomic E-state index is -0.701. The van der Waals surface area contributed by atoms with Gasteiger partial charge in [0.1, 0.15) is 11.4 Å². The van der Waals surface area contributed by atoms with Gasteiger partial charge in [0.2, 0.25) is 0 Å². The zero-order valence-corrected chi connectivity index (χ0v) is 25.4. The Labute approximate surface area is 224 Å². The van der Waals surface area contributed by atoms with Crippen molar-refractivity contribution in [2.75, 3.05) is 12.4 Å². The Morgan fingerprint density at radius 3 is 1.89 bits per heavy atom. The minimum Gasteiger partial charge on any atom is -0.465 e. The molecule has 0 atom stereocenters. The molecule has 0 aromatic heterocycles. The van der Waals surface area contributed by atoms with Crippen molar-refractivity contribution in [3.8, 4) is 5.75 Å². The molecule has 0 saturated carbocycles. The Balaban J connectivity index is 2.93. The van der Waals surface area contributed by atoms with Crippen molar-refractivity contribution < 1.29 is 23.8 Å². The molecule has 36 heavy (non-hydrogen) atoms. The standard InChI is InChI=1S/C30H50O5S/c1-21(2)15-13-12-14-16-33-25(31)20-36-19-22-17-23(28(3,4)5)26(24(18-22)29(6,7)8)34-27(32)35-30(9,10)11/h17-18,21H,12-16,19-20H2,1-11H3. The summed E-state index contributed by atoms with van der Waals surface area (Å²) in [6, 6.07) is 4.17. The van der Waals surface area contributed by atoms with Gasteiger partial charge in [-0.3, -0.25) is 4.79 Å². The smallest absolute Gasteiger partial charge is 0.465 e. The average Bonchev–Trinajstić information content (AvgIpc) is 2.68. The van der Waals surface area contributed by atoms with Crippen LogP contribution in [-0.4, -0.2) is 30.1 Å². The number of benzene rings is 1. The van der Waals surface area contributed by atoms with Crippen molar-refractivity contribution in [2.24, 2.45) is 5.92 Å². The maximum atomic E-state index is 12.6. The molecule has 0 amide bonds. The summed E-state index contributed by atoms with van der Waals surface area (Å²) >= 11 is 1.55. The van der Waals surface area contributed by atoms with Crippen molar-refractivity contribution in [3.05, 3.63) is 28.8 Å². The van der Waals surface area contributed by atoms with Gasteiger partial charge in [-0.15, -0.1) is 11.8 Å². The van der Waals surface area contributed by atoms with Crippen LogP contribution in [-0.2, 0) is 30.9 Å². The fourth-order valence-electron chi connectivity index (χ4n) is 3.66. The molecule has 0 spiro atoms. The number of hydrogen-bond donors (Lipinski definition) is 0. The molecule has 0 N–H and O–H groups in total. The number of carbonyl (C=O) groups is 2. The first-order valence-corrected chi connectivity index (χ1v) is 14.4. The Kier molecular flexibility index (Phi) is 12.3. The van der Waals surface area contributed by atoms with Crippen molar-refractivity contribution >= 4 is 23.9 Å². The van der Waals surface area contributed by atoms with Gasteiger partial charge in [-0.05, 0) is 49.5 Å². The van der Waals surface area contributed by atoms with Crippen LogP contribution in [0.2, 0.25) is 0 Å². The van der Waals surface area contributed by atoms with E-state index in [1.165, 1.54) is 12.8 Å². The molecule has 0 bridgehead atoms.